The van der Waals surface area contributed by atoms with Crippen molar-refractivity contribution < 1.29 is 0 Å². The van der Waals surface area contributed by atoms with Gasteiger partial charge in [0.15, 0.2) is 0 Å². The molecule has 1 saturated carbocycles. The van der Waals surface area contributed by atoms with Crippen molar-refractivity contribution in [3.05, 3.63) is 0 Å². The zero-order valence-corrected chi connectivity index (χ0v) is 10.1. The van der Waals surface area contributed by atoms with Crippen molar-refractivity contribution in [3.63, 3.8) is 0 Å². The van der Waals surface area contributed by atoms with Gasteiger partial charge in [-0.3, -0.25) is 0 Å². The quantitative estimate of drug-likeness (QED) is 0.773. The van der Waals surface area contributed by atoms with Crippen molar-refractivity contribution in [2.75, 3.05) is 12.3 Å². The molecule has 3 unspecified atom stereocenters. The molecule has 1 aliphatic carbocycles. The zero-order valence-electron chi connectivity index (χ0n) is 9.30. The topological polar surface area (TPSA) is 12.0 Å². The van der Waals surface area contributed by atoms with Gasteiger partial charge in [0.2, 0.25) is 0 Å². The lowest BCUT2D eigenvalue weighted by molar-refractivity contribution is 0.281. The normalized spacial score (nSPS) is 38.8. The third-order valence-corrected chi connectivity index (χ3v) is 5.14. The summed E-state index contributed by atoms with van der Waals surface area (Å²) in [6.45, 7) is 3.68. The average molecular weight is 213 g/mol. The van der Waals surface area contributed by atoms with E-state index in [4.69, 9.17) is 0 Å². The van der Waals surface area contributed by atoms with E-state index >= 15 is 0 Å². The Labute approximate surface area is 92.4 Å². The average Bonchev–Trinajstić information content (AvgIpc) is 2.69. The summed E-state index contributed by atoms with van der Waals surface area (Å²) in [6.07, 6.45) is 8.64. The highest BCUT2D eigenvalue weighted by molar-refractivity contribution is 8.00. The van der Waals surface area contributed by atoms with Gasteiger partial charge < -0.3 is 5.32 Å². The molecular formula is C12H23NS. The summed E-state index contributed by atoms with van der Waals surface area (Å²) in [4.78, 5) is 0. The van der Waals surface area contributed by atoms with Crippen LogP contribution in [0.1, 0.15) is 45.4 Å². The van der Waals surface area contributed by atoms with E-state index in [9.17, 15) is 0 Å². The van der Waals surface area contributed by atoms with Crippen molar-refractivity contribution in [1.29, 1.82) is 0 Å². The first-order valence-corrected chi connectivity index (χ1v) is 7.26. The molecule has 0 aromatic heterocycles. The minimum Gasteiger partial charge on any atom is -0.313 e. The molecule has 1 nitrogen and oxygen atoms in total. The van der Waals surface area contributed by atoms with E-state index in [1.54, 1.807) is 0 Å². The van der Waals surface area contributed by atoms with Gasteiger partial charge in [-0.2, -0.15) is 11.8 Å². The fraction of sp³-hybridized carbons (Fsp3) is 1.00. The van der Waals surface area contributed by atoms with Crippen LogP contribution in [0.3, 0.4) is 0 Å². The van der Waals surface area contributed by atoms with Gasteiger partial charge in [-0.15, -0.1) is 0 Å². The molecule has 0 aromatic rings. The largest absolute Gasteiger partial charge is 0.313 e. The van der Waals surface area contributed by atoms with Gasteiger partial charge in [0.05, 0.1) is 0 Å². The molecular weight excluding hydrogens is 190 g/mol. The third-order valence-electron chi connectivity index (χ3n) is 3.74. The molecule has 0 amide bonds. The van der Waals surface area contributed by atoms with Gasteiger partial charge in [0.1, 0.15) is 0 Å². The number of hydrogen-bond donors (Lipinski definition) is 1. The summed E-state index contributed by atoms with van der Waals surface area (Å²) in [6, 6.07) is 0.824. The number of rotatable bonds is 3. The number of nitrogens with one attached hydrogen (secondary N) is 1. The molecule has 2 rings (SSSR count). The standard InChI is InChI=1S/C12H23NS/c1-10-5-2-3-7-12(10)13-9-11-6-4-8-14-11/h10-13H,2-9H2,1H3. The third kappa shape index (κ3) is 2.90. The van der Waals surface area contributed by atoms with Crippen LogP contribution in [-0.2, 0) is 0 Å². The smallest absolute Gasteiger partial charge is 0.0172 e. The SMILES string of the molecule is CC1CCCCC1NCC1CCCS1. The van der Waals surface area contributed by atoms with Crippen LogP contribution in [0.25, 0.3) is 0 Å². The van der Waals surface area contributed by atoms with E-state index in [0.29, 0.717) is 0 Å². The zero-order chi connectivity index (χ0) is 9.80. The van der Waals surface area contributed by atoms with Crippen molar-refractivity contribution in [2.24, 2.45) is 5.92 Å². The molecule has 2 aliphatic rings. The monoisotopic (exact) mass is 213 g/mol. The Bertz CT molecular complexity index is 166. The molecule has 3 atom stereocenters. The summed E-state index contributed by atoms with van der Waals surface area (Å²) in [5.74, 6) is 2.31. The maximum Gasteiger partial charge on any atom is 0.0172 e. The molecule has 2 fully saturated rings. The second kappa shape index (κ2) is 5.41. The molecule has 1 heterocycles. The van der Waals surface area contributed by atoms with Crippen molar-refractivity contribution in [1.82, 2.24) is 5.32 Å². The van der Waals surface area contributed by atoms with Crippen molar-refractivity contribution >= 4 is 11.8 Å². The van der Waals surface area contributed by atoms with Crippen LogP contribution >= 0.6 is 11.8 Å². The Morgan fingerprint density at radius 1 is 1.14 bits per heavy atom. The van der Waals surface area contributed by atoms with E-state index < -0.39 is 0 Å². The summed E-state index contributed by atoms with van der Waals surface area (Å²) in [5, 5.41) is 4.71. The second-order valence-electron chi connectivity index (χ2n) is 4.91. The molecule has 82 valence electrons. The van der Waals surface area contributed by atoms with E-state index in [1.807, 2.05) is 0 Å². The number of hydrogen-bond acceptors (Lipinski definition) is 2. The molecule has 1 saturated heterocycles. The first-order valence-electron chi connectivity index (χ1n) is 6.21. The summed E-state index contributed by atoms with van der Waals surface area (Å²) in [5.41, 5.74) is 0. The molecule has 0 radical (unpaired) electrons. The Balaban J connectivity index is 1.67. The van der Waals surface area contributed by atoms with E-state index in [1.165, 1.54) is 50.8 Å². The fourth-order valence-electron chi connectivity index (χ4n) is 2.71. The van der Waals surface area contributed by atoms with Gasteiger partial charge in [0.25, 0.3) is 0 Å². The van der Waals surface area contributed by atoms with Gasteiger partial charge in [0, 0.05) is 17.8 Å². The Morgan fingerprint density at radius 2 is 2.00 bits per heavy atom. The highest BCUT2D eigenvalue weighted by atomic mass is 32.2. The van der Waals surface area contributed by atoms with E-state index in [-0.39, 0.29) is 0 Å². The lowest BCUT2D eigenvalue weighted by Gasteiger charge is -2.30. The molecule has 0 bridgehead atoms. The predicted molar refractivity (Wildman–Crippen MR) is 64.9 cm³/mol. The number of thioether (sulfide) groups is 1. The maximum absolute atomic E-state index is 3.79. The van der Waals surface area contributed by atoms with Crippen LogP contribution in [0.4, 0.5) is 0 Å². The van der Waals surface area contributed by atoms with E-state index in [2.05, 4.69) is 24.0 Å². The van der Waals surface area contributed by atoms with Crippen molar-refractivity contribution in [2.45, 2.75) is 56.7 Å². The van der Waals surface area contributed by atoms with Gasteiger partial charge in [-0.05, 0) is 37.4 Å². The summed E-state index contributed by atoms with van der Waals surface area (Å²) >= 11 is 2.17. The minimum absolute atomic E-state index is 0.824. The Morgan fingerprint density at radius 3 is 2.71 bits per heavy atom. The first kappa shape index (κ1) is 10.8. The molecule has 1 N–H and O–H groups in total. The fourth-order valence-corrected chi connectivity index (χ4v) is 3.92. The lowest BCUT2D eigenvalue weighted by atomic mass is 9.86. The van der Waals surface area contributed by atoms with Crippen LogP contribution in [0.15, 0.2) is 0 Å². The minimum atomic E-state index is 0.824. The van der Waals surface area contributed by atoms with Gasteiger partial charge in [-0.25, -0.2) is 0 Å². The van der Waals surface area contributed by atoms with Crippen LogP contribution < -0.4 is 5.32 Å². The Hall–Kier alpha value is 0.310. The van der Waals surface area contributed by atoms with Crippen LogP contribution in [0.2, 0.25) is 0 Å². The molecule has 14 heavy (non-hydrogen) atoms. The van der Waals surface area contributed by atoms with Gasteiger partial charge in [-0.1, -0.05) is 19.8 Å². The first-order chi connectivity index (χ1) is 6.86. The highest BCUT2D eigenvalue weighted by Gasteiger charge is 2.22. The van der Waals surface area contributed by atoms with Crippen molar-refractivity contribution in [3.8, 4) is 0 Å². The summed E-state index contributed by atoms with van der Waals surface area (Å²) in [7, 11) is 0. The molecule has 0 aromatic carbocycles. The maximum atomic E-state index is 3.79. The predicted octanol–water partition coefficient (Wildman–Crippen LogP) is 3.05. The summed E-state index contributed by atoms with van der Waals surface area (Å²) < 4.78 is 0. The molecule has 2 heteroatoms. The van der Waals surface area contributed by atoms with Crippen LogP contribution in [-0.4, -0.2) is 23.6 Å². The van der Waals surface area contributed by atoms with Gasteiger partial charge >= 0.3 is 0 Å². The van der Waals surface area contributed by atoms with E-state index in [0.717, 1.165) is 17.2 Å². The second-order valence-corrected chi connectivity index (χ2v) is 6.32. The van der Waals surface area contributed by atoms with Crippen LogP contribution in [0, 0.1) is 5.92 Å². The molecule has 1 aliphatic heterocycles. The highest BCUT2D eigenvalue weighted by Crippen LogP contribution is 2.27. The van der Waals surface area contributed by atoms with Crippen LogP contribution in [0.5, 0.6) is 0 Å². The Kier molecular flexibility index (Phi) is 4.18. The molecule has 0 spiro atoms. The lowest BCUT2D eigenvalue weighted by Crippen LogP contribution is -2.40.